The van der Waals surface area contributed by atoms with E-state index in [-0.39, 0.29) is 0 Å². The normalized spacial score (nSPS) is 17.0. The maximum Gasteiger partial charge on any atom is 0.131 e. The predicted molar refractivity (Wildman–Crippen MR) is 96.1 cm³/mol. The van der Waals surface area contributed by atoms with Crippen molar-refractivity contribution in [2.45, 2.75) is 25.7 Å². The van der Waals surface area contributed by atoms with E-state index in [2.05, 4.69) is 34.6 Å². The zero-order valence-corrected chi connectivity index (χ0v) is 14.1. The number of piperidine rings is 1. The minimum atomic E-state index is 0.721. The summed E-state index contributed by atoms with van der Waals surface area (Å²) in [5.41, 5.74) is 5.57. The van der Waals surface area contributed by atoms with Gasteiger partial charge in [-0.25, -0.2) is 0 Å². The van der Waals surface area contributed by atoms with Crippen LogP contribution in [0, 0.1) is 5.92 Å². The molecule has 0 spiro atoms. The van der Waals surface area contributed by atoms with Crippen molar-refractivity contribution in [3.05, 3.63) is 47.4 Å². The second-order valence-electron chi connectivity index (χ2n) is 6.65. The SMILES string of the molecule is COc1cc(CC2CCNCC2)ncc1-c1cc2c(cn1)C=CC2. The third-order valence-corrected chi connectivity index (χ3v) is 5.03. The van der Waals surface area contributed by atoms with Gasteiger partial charge in [-0.3, -0.25) is 9.97 Å². The van der Waals surface area contributed by atoms with Crippen molar-refractivity contribution >= 4 is 6.08 Å². The number of rotatable bonds is 4. The van der Waals surface area contributed by atoms with Crippen LogP contribution in [0.5, 0.6) is 5.75 Å². The van der Waals surface area contributed by atoms with Crippen molar-refractivity contribution in [2.24, 2.45) is 5.92 Å². The Labute approximate surface area is 143 Å². The molecular weight excluding hydrogens is 298 g/mol. The number of aromatic nitrogens is 2. The van der Waals surface area contributed by atoms with Gasteiger partial charge in [0.1, 0.15) is 5.75 Å². The first-order valence-corrected chi connectivity index (χ1v) is 8.73. The number of fused-ring (bicyclic) bond motifs is 1. The maximum atomic E-state index is 5.64. The van der Waals surface area contributed by atoms with Gasteiger partial charge in [0, 0.05) is 24.2 Å². The topological polar surface area (TPSA) is 47.0 Å². The number of hydrogen-bond acceptors (Lipinski definition) is 4. The molecule has 4 heteroatoms. The summed E-state index contributed by atoms with van der Waals surface area (Å²) in [6.45, 7) is 2.24. The molecule has 3 heterocycles. The van der Waals surface area contributed by atoms with E-state index in [0.717, 1.165) is 54.5 Å². The molecule has 0 unspecified atom stereocenters. The van der Waals surface area contributed by atoms with Gasteiger partial charge in [-0.15, -0.1) is 0 Å². The lowest BCUT2D eigenvalue weighted by Crippen LogP contribution is -2.28. The van der Waals surface area contributed by atoms with Crippen molar-refractivity contribution < 1.29 is 4.74 Å². The van der Waals surface area contributed by atoms with Gasteiger partial charge in [0.05, 0.1) is 18.4 Å². The van der Waals surface area contributed by atoms with Crippen LogP contribution in [0.3, 0.4) is 0 Å². The molecule has 4 nitrogen and oxygen atoms in total. The number of pyridine rings is 2. The van der Waals surface area contributed by atoms with E-state index in [1.54, 1.807) is 7.11 Å². The van der Waals surface area contributed by atoms with E-state index < -0.39 is 0 Å². The molecule has 0 saturated carbocycles. The molecule has 4 rings (SSSR count). The van der Waals surface area contributed by atoms with Crippen LogP contribution in [0.1, 0.15) is 29.7 Å². The average Bonchev–Trinajstić information content (AvgIpc) is 3.10. The molecule has 1 fully saturated rings. The smallest absolute Gasteiger partial charge is 0.131 e. The zero-order valence-electron chi connectivity index (χ0n) is 14.1. The summed E-state index contributed by atoms with van der Waals surface area (Å²) in [4.78, 5) is 9.29. The molecule has 124 valence electrons. The van der Waals surface area contributed by atoms with Gasteiger partial charge < -0.3 is 10.1 Å². The number of ether oxygens (including phenoxy) is 1. The lowest BCUT2D eigenvalue weighted by atomic mass is 9.92. The minimum Gasteiger partial charge on any atom is -0.496 e. The van der Waals surface area contributed by atoms with Gasteiger partial charge >= 0.3 is 0 Å². The summed E-state index contributed by atoms with van der Waals surface area (Å²) in [5, 5.41) is 3.42. The fraction of sp³-hybridized carbons (Fsp3) is 0.400. The highest BCUT2D eigenvalue weighted by molar-refractivity contribution is 5.70. The number of nitrogens with zero attached hydrogens (tertiary/aromatic N) is 2. The third kappa shape index (κ3) is 3.06. The monoisotopic (exact) mass is 321 g/mol. The number of allylic oxidation sites excluding steroid dienone is 1. The Hall–Kier alpha value is -2.20. The summed E-state index contributed by atoms with van der Waals surface area (Å²) >= 11 is 0. The van der Waals surface area contributed by atoms with Gasteiger partial charge in [0.25, 0.3) is 0 Å². The fourth-order valence-electron chi connectivity index (χ4n) is 3.63. The fourth-order valence-corrected chi connectivity index (χ4v) is 3.63. The molecular formula is C20H23N3O. The second kappa shape index (κ2) is 6.73. The van der Waals surface area contributed by atoms with Crippen molar-refractivity contribution in [2.75, 3.05) is 20.2 Å². The Bertz CT molecular complexity index is 763. The van der Waals surface area contributed by atoms with Crippen LogP contribution < -0.4 is 10.1 Å². The molecule has 0 amide bonds. The van der Waals surface area contributed by atoms with Crippen molar-refractivity contribution in [3.8, 4) is 17.0 Å². The molecule has 24 heavy (non-hydrogen) atoms. The van der Waals surface area contributed by atoms with E-state index in [1.807, 2.05) is 12.4 Å². The number of methoxy groups -OCH3 is 1. The van der Waals surface area contributed by atoms with E-state index in [9.17, 15) is 0 Å². The quantitative estimate of drug-likeness (QED) is 0.939. The first-order valence-electron chi connectivity index (χ1n) is 8.73. The first kappa shape index (κ1) is 15.3. The van der Waals surface area contributed by atoms with Crippen LogP contribution in [0.2, 0.25) is 0 Å². The Morgan fingerprint density at radius 3 is 2.88 bits per heavy atom. The summed E-state index contributed by atoms with van der Waals surface area (Å²) in [6, 6.07) is 4.24. The minimum absolute atomic E-state index is 0.721. The molecule has 1 aliphatic carbocycles. The van der Waals surface area contributed by atoms with E-state index in [0.29, 0.717) is 0 Å². The van der Waals surface area contributed by atoms with Crippen LogP contribution >= 0.6 is 0 Å². The number of hydrogen-bond donors (Lipinski definition) is 1. The highest BCUT2D eigenvalue weighted by atomic mass is 16.5. The van der Waals surface area contributed by atoms with Gasteiger partial charge in [-0.2, -0.15) is 0 Å². The Kier molecular flexibility index (Phi) is 4.30. The van der Waals surface area contributed by atoms with Crippen LogP contribution in [0.4, 0.5) is 0 Å². The lowest BCUT2D eigenvalue weighted by Gasteiger charge is -2.22. The van der Waals surface area contributed by atoms with Gasteiger partial charge in [0.15, 0.2) is 0 Å². The molecule has 0 atom stereocenters. The average molecular weight is 321 g/mol. The Morgan fingerprint density at radius 2 is 2.04 bits per heavy atom. The highest BCUT2D eigenvalue weighted by Gasteiger charge is 2.17. The van der Waals surface area contributed by atoms with E-state index in [4.69, 9.17) is 9.72 Å². The number of nitrogens with one attached hydrogen (secondary N) is 1. The predicted octanol–water partition coefficient (Wildman–Crippen LogP) is 3.26. The standard InChI is InChI=1S/C20H23N3O/c1-24-20-11-17(9-14-5-7-21-8-6-14)22-13-18(20)19-10-15-3-2-4-16(15)12-23-19/h2,4,10-14,21H,3,5-9H2,1H3. The summed E-state index contributed by atoms with van der Waals surface area (Å²) in [7, 11) is 1.72. The highest BCUT2D eigenvalue weighted by Crippen LogP contribution is 2.32. The van der Waals surface area contributed by atoms with Gasteiger partial charge in [-0.05, 0) is 61.9 Å². The van der Waals surface area contributed by atoms with Gasteiger partial charge in [-0.1, -0.05) is 12.2 Å². The van der Waals surface area contributed by atoms with Crippen molar-refractivity contribution in [3.63, 3.8) is 0 Å². The van der Waals surface area contributed by atoms with Crippen LogP contribution in [0.15, 0.2) is 30.6 Å². The van der Waals surface area contributed by atoms with E-state index in [1.165, 1.54) is 24.0 Å². The molecule has 0 aromatic carbocycles. The second-order valence-corrected chi connectivity index (χ2v) is 6.65. The largest absolute Gasteiger partial charge is 0.496 e. The van der Waals surface area contributed by atoms with Crippen LogP contribution in [-0.2, 0) is 12.8 Å². The third-order valence-electron chi connectivity index (χ3n) is 5.03. The first-order chi connectivity index (χ1) is 11.8. The summed E-state index contributed by atoms with van der Waals surface area (Å²) in [6.07, 6.45) is 12.6. The maximum absolute atomic E-state index is 5.64. The summed E-state index contributed by atoms with van der Waals surface area (Å²) < 4.78 is 5.64. The molecule has 2 aliphatic rings. The van der Waals surface area contributed by atoms with Crippen molar-refractivity contribution in [1.82, 2.24) is 15.3 Å². The Balaban J connectivity index is 1.59. The molecule has 1 saturated heterocycles. The molecule has 0 bridgehead atoms. The zero-order chi connectivity index (χ0) is 16.4. The Morgan fingerprint density at radius 1 is 1.17 bits per heavy atom. The summed E-state index contributed by atoms with van der Waals surface area (Å²) in [5.74, 6) is 1.59. The molecule has 1 aliphatic heterocycles. The lowest BCUT2D eigenvalue weighted by molar-refractivity contribution is 0.368. The molecule has 0 radical (unpaired) electrons. The van der Waals surface area contributed by atoms with E-state index >= 15 is 0 Å². The van der Waals surface area contributed by atoms with Gasteiger partial charge in [0.2, 0.25) is 0 Å². The van der Waals surface area contributed by atoms with Crippen molar-refractivity contribution in [1.29, 1.82) is 0 Å². The van der Waals surface area contributed by atoms with Crippen LogP contribution in [-0.4, -0.2) is 30.2 Å². The molecule has 2 aromatic heterocycles. The molecule has 1 N–H and O–H groups in total. The molecule has 2 aromatic rings. The van der Waals surface area contributed by atoms with Crippen LogP contribution in [0.25, 0.3) is 17.3 Å².